The molecule has 8 heteroatoms. The Kier molecular flexibility index (Phi) is 3.35. The zero-order valence-corrected chi connectivity index (χ0v) is 9.27. The minimum atomic E-state index is -3.08. The van der Waals surface area contributed by atoms with Crippen LogP contribution in [0.1, 0.15) is 0 Å². The molecule has 0 aliphatic rings. The lowest BCUT2D eigenvalue weighted by Gasteiger charge is -2.07. The molecule has 0 unspecified atom stereocenters. The molecule has 0 bridgehead atoms. The fraction of sp³-hybridized carbons (Fsp3) is 0.200. The van der Waals surface area contributed by atoms with Gasteiger partial charge < -0.3 is 10.1 Å². The van der Waals surface area contributed by atoms with Gasteiger partial charge in [-0.3, -0.25) is 0 Å². The van der Waals surface area contributed by atoms with Crippen LogP contribution in [0, 0.1) is 5.82 Å². The van der Waals surface area contributed by atoms with E-state index < -0.39 is 18.2 Å². The molecule has 0 amide bonds. The number of anilines is 1. The quantitative estimate of drug-likeness (QED) is 0.911. The minimum absolute atomic E-state index is 0.362. The second-order valence-corrected chi connectivity index (χ2v) is 3.29. The molecule has 1 heterocycles. The Balaban J connectivity index is 2.33. The fourth-order valence-corrected chi connectivity index (χ4v) is 1.33. The van der Waals surface area contributed by atoms with E-state index in [0.29, 0.717) is 11.5 Å². The van der Waals surface area contributed by atoms with Crippen molar-refractivity contribution in [3.63, 3.8) is 0 Å². The summed E-state index contributed by atoms with van der Waals surface area (Å²) in [7, 11) is 1.66. The van der Waals surface area contributed by atoms with Crippen molar-refractivity contribution in [1.29, 1.82) is 0 Å². The summed E-state index contributed by atoms with van der Waals surface area (Å²) in [5.41, 5.74) is 0.362. The average Bonchev–Trinajstić information content (AvgIpc) is 2.80. The van der Waals surface area contributed by atoms with Gasteiger partial charge in [0.1, 0.15) is 0 Å². The normalized spacial score (nSPS) is 10.7. The van der Waals surface area contributed by atoms with Crippen LogP contribution in [0.3, 0.4) is 0 Å². The third-order valence-corrected chi connectivity index (χ3v) is 2.14. The van der Waals surface area contributed by atoms with Crippen LogP contribution in [0.2, 0.25) is 0 Å². The van der Waals surface area contributed by atoms with Crippen molar-refractivity contribution in [2.45, 2.75) is 6.61 Å². The predicted molar refractivity (Wildman–Crippen MR) is 57.5 cm³/mol. The van der Waals surface area contributed by atoms with Crippen molar-refractivity contribution in [3.05, 3.63) is 30.2 Å². The maximum absolute atomic E-state index is 13.2. The Labute approximate surface area is 100 Å². The number of rotatable bonds is 4. The average molecular weight is 258 g/mol. The summed E-state index contributed by atoms with van der Waals surface area (Å²) in [6, 6.07) is 3.52. The summed E-state index contributed by atoms with van der Waals surface area (Å²) in [6.07, 6.45) is 1.53. The van der Waals surface area contributed by atoms with Gasteiger partial charge in [0, 0.05) is 13.1 Å². The van der Waals surface area contributed by atoms with Gasteiger partial charge in [-0.2, -0.15) is 8.78 Å². The number of hydrogen-bond donors (Lipinski definition) is 1. The molecule has 1 N–H and O–H groups in total. The van der Waals surface area contributed by atoms with E-state index in [1.807, 2.05) is 0 Å². The summed E-state index contributed by atoms with van der Waals surface area (Å²) < 4.78 is 42.7. The first-order chi connectivity index (χ1) is 8.60. The largest absolute Gasteiger partial charge is 0.432 e. The van der Waals surface area contributed by atoms with Crippen LogP contribution in [-0.2, 0) is 0 Å². The highest BCUT2D eigenvalue weighted by Gasteiger charge is 2.12. The van der Waals surface area contributed by atoms with Gasteiger partial charge in [-0.25, -0.2) is 9.07 Å². The molecule has 0 spiro atoms. The number of nitrogens with one attached hydrogen (secondary N) is 1. The Bertz CT molecular complexity index is 544. The molecule has 1 aromatic heterocycles. The molecule has 2 aromatic rings. The molecule has 0 saturated carbocycles. The number of hydrogen-bond acceptors (Lipinski definition) is 4. The molecular formula is C10H9F3N4O. The molecule has 2 rings (SSSR count). The second-order valence-electron chi connectivity index (χ2n) is 3.29. The third-order valence-electron chi connectivity index (χ3n) is 2.14. The van der Waals surface area contributed by atoms with Crippen LogP contribution < -0.4 is 10.1 Å². The highest BCUT2D eigenvalue weighted by atomic mass is 19.3. The van der Waals surface area contributed by atoms with Crippen LogP contribution in [0.5, 0.6) is 5.75 Å². The van der Waals surface area contributed by atoms with Crippen molar-refractivity contribution in [3.8, 4) is 11.4 Å². The summed E-state index contributed by atoms with van der Waals surface area (Å²) in [6.45, 7) is -3.08. The van der Waals surface area contributed by atoms with Crippen LogP contribution in [0.4, 0.5) is 19.0 Å². The lowest BCUT2D eigenvalue weighted by molar-refractivity contribution is -0.0521. The van der Waals surface area contributed by atoms with Crippen molar-refractivity contribution in [2.24, 2.45) is 0 Å². The summed E-state index contributed by atoms with van der Waals surface area (Å²) in [5.74, 6) is -0.910. The number of nitrogens with zero attached hydrogens (tertiary/aromatic N) is 3. The number of aromatic nitrogens is 3. The zero-order valence-electron chi connectivity index (χ0n) is 9.27. The van der Waals surface area contributed by atoms with Gasteiger partial charge in [-0.05, 0) is 12.1 Å². The van der Waals surface area contributed by atoms with Gasteiger partial charge in [0.15, 0.2) is 17.4 Å². The van der Waals surface area contributed by atoms with Gasteiger partial charge in [-0.15, -0.1) is 5.10 Å². The van der Waals surface area contributed by atoms with E-state index in [1.165, 1.54) is 16.9 Å². The van der Waals surface area contributed by atoms with E-state index in [9.17, 15) is 13.2 Å². The Morgan fingerprint density at radius 1 is 1.39 bits per heavy atom. The third kappa shape index (κ3) is 2.53. The number of alkyl halides is 2. The summed E-state index contributed by atoms with van der Waals surface area (Å²) in [5, 5.41) is 10.2. The molecule has 0 aliphatic heterocycles. The van der Waals surface area contributed by atoms with Crippen LogP contribution >= 0.6 is 0 Å². The van der Waals surface area contributed by atoms with Crippen LogP contribution in [0.15, 0.2) is 24.4 Å². The molecule has 0 atom stereocenters. The van der Waals surface area contributed by atoms with Gasteiger partial charge >= 0.3 is 6.61 Å². The summed E-state index contributed by atoms with van der Waals surface area (Å²) >= 11 is 0. The lowest BCUT2D eigenvalue weighted by atomic mass is 10.3. The first kappa shape index (κ1) is 12.2. The highest BCUT2D eigenvalue weighted by Crippen LogP contribution is 2.22. The standard InChI is InChI=1S/C10H9F3N4O/c1-14-9-5-17(16-15-9)6-2-3-7(11)8(4-6)18-10(12)13/h2-5,10,14H,1H3. The maximum Gasteiger partial charge on any atom is 0.387 e. The van der Waals surface area contributed by atoms with Gasteiger partial charge in [0.05, 0.1) is 11.9 Å². The maximum atomic E-state index is 13.2. The SMILES string of the molecule is CNc1cn(-c2ccc(F)c(OC(F)F)c2)nn1. The Morgan fingerprint density at radius 2 is 2.17 bits per heavy atom. The molecule has 0 saturated heterocycles. The predicted octanol–water partition coefficient (Wildman–Crippen LogP) is 2.05. The minimum Gasteiger partial charge on any atom is -0.432 e. The molecule has 96 valence electrons. The van der Waals surface area contributed by atoms with Crippen molar-refractivity contribution in [1.82, 2.24) is 15.0 Å². The van der Waals surface area contributed by atoms with Gasteiger partial charge in [-0.1, -0.05) is 5.21 Å². The van der Waals surface area contributed by atoms with Crippen molar-refractivity contribution < 1.29 is 17.9 Å². The van der Waals surface area contributed by atoms with E-state index in [-0.39, 0.29) is 0 Å². The molecule has 0 radical (unpaired) electrons. The first-order valence-corrected chi connectivity index (χ1v) is 4.95. The topological polar surface area (TPSA) is 52.0 Å². The number of benzene rings is 1. The van der Waals surface area contributed by atoms with E-state index in [1.54, 1.807) is 7.05 Å². The highest BCUT2D eigenvalue weighted by molar-refractivity contribution is 5.41. The molecule has 18 heavy (non-hydrogen) atoms. The Morgan fingerprint density at radius 3 is 2.78 bits per heavy atom. The van der Waals surface area contributed by atoms with Crippen molar-refractivity contribution in [2.75, 3.05) is 12.4 Å². The van der Waals surface area contributed by atoms with Crippen molar-refractivity contribution >= 4 is 5.82 Å². The molecule has 0 aliphatic carbocycles. The second kappa shape index (κ2) is 4.94. The van der Waals surface area contributed by atoms with E-state index in [4.69, 9.17) is 0 Å². The number of halogens is 3. The Hall–Kier alpha value is -2.25. The van der Waals surface area contributed by atoms with E-state index in [2.05, 4.69) is 20.4 Å². The van der Waals surface area contributed by atoms with E-state index in [0.717, 1.165) is 12.1 Å². The monoisotopic (exact) mass is 258 g/mol. The van der Waals surface area contributed by atoms with Crippen LogP contribution in [0.25, 0.3) is 5.69 Å². The lowest BCUT2D eigenvalue weighted by Crippen LogP contribution is -2.05. The fourth-order valence-electron chi connectivity index (χ4n) is 1.33. The molecule has 1 aromatic carbocycles. The van der Waals surface area contributed by atoms with Gasteiger partial charge in [0.2, 0.25) is 0 Å². The van der Waals surface area contributed by atoms with Gasteiger partial charge in [0.25, 0.3) is 0 Å². The number of ether oxygens (including phenoxy) is 1. The molecular weight excluding hydrogens is 249 g/mol. The molecule has 0 fully saturated rings. The first-order valence-electron chi connectivity index (χ1n) is 4.95. The smallest absolute Gasteiger partial charge is 0.387 e. The van der Waals surface area contributed by atoms with Crippen LogP contribution in [-0.4, -0.2) is 28.7 Å². The van der Waals surface area contributed by atoms with E-state index >= 15 is 0 Å². The summed E-state index contributed by atoms with van der Waals surface area (Å²) in [4.78, 5) is 0. The molecule has 5 nitrogen and oxygen atoms in total. The zero-order chi connectivity index (χ0) is 13.1.